The van der Waals surface area contributed by atoms with Gasteiger partial charge in [0.25, 0.3) is 0 Å². The van der Waals surface area contributed by atoms with E-state index in [1.54, 1.807) is 0 Å². The molecule has 0 saturated carbocycles. The Kier molecular flexibility index (Phi) is 18.1. The molecular formula is C34H18F36N8O4. The molecule has 0 unspecified atom stereocenters. The number of rotatable bonds is 24. The monoisotopic (exact) mass is 1290 g/mol. The van der Waals surface area contributed by atoms with Crippen LogP contribution in [0.25, 0.3) is 0 Å². The zero-order valence-corrected chi connectivity index (χ0v) is 38.0. The van der Waals surface area contributed by atoms with Crippen molar-refractivity contribution in [2.75, 3.05) is 50.3 Å². The van der Waals surface area contributed by atoms with Crippen molar-refractivity contribution in [2.45, 2.75) is 95.8 Å². The predicted octanol–water partition coefficient (Wildman–Crippen LogP) is 13.0. The average molecular weight is 1290 g/mol. The Hall–Kier alpha value is -6.48. The molecule has 3 rings (SSSR count). The summed E-state index contributed by atoms with van der Waals surface area (Å²) in [6.07, 6.45) is -29.9. The second-order valence-electron chi connectivity index (χ2n) is 15.6. The minimum atomic E-state index is -7.64. The van der Waals surface area contributed by atoms with E-state index in [1.165, 1.54) is 0 Å². The fourth-order valence-electron chi connectivity index (χ4n) is 4.96. The second-order valence-corrected chi connectivity index (χ2v) is 15.6. The number of hydrogen-bond acceptors (Lipinski definition) is 12. The lowest BCUT2D eigenvalue weighted by molar-refractivity contribution is -0.398. The van der Waals surface area contributed by atoms with E-state index in [1.807, 2.05) is 0 Å². The average Bonchev–Trinajstić information content (AvgIpc) is 3.31. The van der Waals surface area contributed by atoms with Crippen LogP contribution in [0.3, 0.4) is 0 Å². The molecule has 0 aliphatic rings. The van der Waals surface area contributed by atoms with Crippen LogP contribution in [0.5, 0.6) is 24.0 Å². The first-order chi connectivity index (χ1) is 36.1. The van der Waals surface area contributed by atoms with E-state index >= 15 is 0 Å². The largest absolute Gasteiger partial charge is 0.460 e. The zero-order chi connectivity index (χ0) is 64.5. The first-order valence-corrected chi connectivity index (χ1v) is 19.5. The number of halogens is 36. The van der Waals surface area contributed by atoms with Gasteiger partial charge in [0.05, 0.1) is 0 Å². The molecule has 2 aromatic heterocycles. The first kappa shape index (κ1) is 69.8. The molecule has 48 heteroatoms. The molecule has 0 fully saturated rings. The lowest BCUT2D eigenvalue weighted by Gasteiger charge is -2.33. The molecule has 0 spiro atoms. The van der Waals surface area contributed by atoms with Crippen molar-refractivity contribution in [3.63, 3.8) is 0 Å². The summed E-state index contributed by atoms with van der Waals surface area (Å²) < 4.78 is 499. The van der Waals surface area contributed by atoms with Crippen LogP contribution in [0, 0.1) is 0 Å². The van der Waals surface area contributed by atoms with E-state index in [9.17, 15) is 158 Å². The molecular weight excluding hydrogens is 1270 g/mol. The van der Waals surface area contributed by atoms with E-state index in [0.717, 1.165) is 0 Å². The lowest BCUT2D eigenvalue weighted by Crippen LogP contribution is -2.62. The van der Waals surface area contributed by atoms with Gasteiger partial charge in [0.2, 0.25) is 11.9 Å². The Balaban J connectivity index is 2.17. The van der Waals surface area contributed by atoms with E-state index in [0.29, 0.717) is 38.4 Å². The van der Waals surface area contributed by atoms with Crippen LogP contribution in [0.2, 0.25) is 0 Å². The number of benzene rings is 1. The number of alkyl halides is 36. The van der Waals surface area contributed by atoms with Crippen LogP contribution in [0.15, 0.2) is 24.3 Å². The summed E-state index contributed by atoms with van der Waals surface area (Å²) >= 11 is 0. The minimum Gasteiger partial charge on any atom is -0.457 e. The standard InChI is InChI=1S/C34H18F36N8O4/c1-77(13-71-15(79-7-19(35,36)23(43,44)27(51,52)31(59,60)61)75-16(72-13)80-8-20(37,38)24(45,46)28(53,54)32(62,63)64)11-3-5-12(6-4-11)78(2)14-73-17(81-9-21(39,40)25(47,48)29(55,56)33(65,66)67)76-18(74-14)82-10-22(41,42)26(49,50)30(57,58)34(68,69)70/h3-6H,7-10H2,1-2H3. The van der Waals surface area contributed by atoms with Crippen molar-refractivity contribution in [3.05, 3.63) is 24.3 Å². The molecule has 0 bridgehead atoms. The molecule has 12 nitrogen and oxygen atoms in total. The van der Waals surface area contributed by atoms with E-state index in [-0.39, 0.29) is 9.80 Å². The van der Waals surface area contributed by atoms with Gasteiger partial charge >= 0.3 is 120 Å². The van der Waals surface area contributed by atoms with Gasteiger partial charge in [-0.15, -0.1) is 9.97 Å². The Labute approximate surface area is 425 Å². The molecule has 0 atom stereocenters. The Morgan fingerprint density at radius 3 is 0.573 bits per heavy atom. The van der Waals surface area contributed by atoms with Gasteiger partial charge < -0.3 is 28.7 Å². The van der Waals surface area contributed by atoms with Crippen molar-refractivity contribution in [1.29, 1.82) is 0 Å². The van der Waals surface area contributed by atoms with Crippen molar-refractivity contribution < 1.29 is 177 Å². The van der Waals surface area contributed by atoms with Gasteiger partial charge in [-0.2, -0.15) is 178 Å². The number of nitrogens with zero attached hydrogens (tertiary/aromatic N) is 8. The molecule has 3 aromatic rings. The zero-order valence-electron chi connectivity index (χ0n) is 38.0. The second kappa shape index (κ2) is 21.3. The number of anilines is 4. The number of ether oxygens (including phenoxy) is 4. The van der Waals surface area contributed by atoms with Gasteiger partial charge in [-0.1, -0.05) is 0 Å². The Bertz CT molecular complexity index is 2370. The summed E-state index contributed by atoms with van der Waals surface area (Å²) in [5, 5.41) is 0. The van der Waals surface area contributed by atoms with Crippen LogP contribution in [0.4, 0.5) is 181 Å². The number of aromatic nitrogens is 6. The molecule has 0 aliphatic carbocycles. The van der Waals surface area contributed by atoms with Crippen molar-refractivity contribution >= 4 is 23.3 Å². The van der Waals surface area contributed by atoms with Gasteiger partial charge in [0, 0.05) is 25.5 Å². The molecule has 0 aliphatic heterocycles. The van der Waals surface area contributed by atoms with Gasteiger partial charge in [-0.3, -0.25) is 0 Å². The van der Waals surface area contributed by atoms with Crippen LogP contribution >= 0.6 is 0 Å². The molecule has 0 amide bonds. The summed E-state index contributed by atoms with van der Waals surface area (Å²) in [5.74, 6) is -90.7. The van der Waals surface area contributed by atoms with Crippen molar-refractivity contribution in [3.8, 4) is 24.0 Å². The van der Waals surface area contributed by atoms with Crippen LogP contribution < -0.4 is 28.7 Å². The SMILES string of the molecule is CN(c1ccc(N(C)c2nc(OCC(F)(F)C(F)(F)C(F)(F)C(F)(F)F)nc(OCC(F)(F)C(F)(F)C(F)(F)C(F)(F)F)n2)cc1)c1nc(OCC(F)(F)C(F)(F)C(F)(F)C(F)(F)F)nc(OCC(F)(F)C(F)(F)C(F)(F)C(F)(F)F)n1. The molecule has 2 heterocycles. The summed E-state index contributed by atoms with van der Waals surface area (Å²) in [7, 11) is 1.04. The normalized spacial score (nSPS) is 14.9. The maximum atomic E-state index is 14.3. The highest BCUT2D eigenvalue weighted by atomic mass is 19.5. The number of hydrogen-bond donors (Lipinski definition) is 0. The van der Waals surface area contributed by atoms with Crippen LogP contribution in [0.1, 0.15) is 0 Å². The highest BCUT2D eigenvalue weighted by molar-refractivity contribution is 5.64. The minimum absolute atomic E-state index is 0.220. The van der Waals surface area contributed by atoms with Crippen molar-refractivity contribution in [2.24, 2.45) is 0 Å². The lowest BCUT2D eigenvalue weighted by atomic mass is 10.0. The summed E-state index contributed by atoms with van der Waals surface area (Å²) in [4.78, 5) is 17.6. The highest BCUT2D eigenvalue weighted by Gasteiger charge is 2.85. The Morgan fingerprint density at radius 2 is 0.427 bits per heavy atom. The van der Waals surface area contributed by atoms with E-state index < -0.39 is 170 Å². The van der Waals surface area contributed by atoms with E-state index in [2.05, 4.69) is 48.9 Å². The van der Waals surface area contributed by atoms with Crippen LogP contribution in [-0.2, 0) is 0 Å². The molecule has 0 N–H and O–H groups in total. The molecule has 470 valence electrons. The summed E-state index contributed by atoms with van der Waals surface area (Å²) in [5.41, 5.74) is -1.46. The smallest absolute Gasteiger partial charge is 0.457 e. The predicted molar refractivity (Wildman–Crippen MR) is 188 cm³/mol. The van der Waals surface area contributed by atoms with Gasteiger partial charge in [0.15, 0.2) is 26.4 Å². The maximum Gasteiger partial charge on any atom is 0.460 e. The third-order valence-electron chi connectivity index (χ3n) is 9.76. The molecule has 82 heavy (non-hydrogen) atoms. The molecule has 1 aromatic carbocycles. The fraction of sp³-hybridized carbons (Fsp3) is 0.647. The Morgan fingerprint density at radius 1 is 0.268 bits per heavy atom. The molecule has 0 saturated heterocycles. The quantitative estimate of drug-likeness (QED) is 0.0794. The molecule has 0 radical (unpaired) electrons. The van der Waals surface area contributed by atoms with Gasteiger partial charge in [-0.05, 0) is 24.3 Å². The topological polar surface area (TPSA) is 121 Å². The summed E-state index contributed by atoms with van der Waals surface area (Å²) in [6.45, 7) is -13.8. The fourth-order valence-corrected chi connectivity index (χ4v) is 4.96. The highest BCUT2D eigenvalue weighted by Crippen LogP contribution is 2.57. The van der Waals surface area contributed by atoms with Gasteiger partial charge in [-0.25, -0.2) is 0 Å². The van der Waals surface area contributed by atoms with Crippen molar-refractivity contribution in [1.82, 2.24) is 29.9 Å². The third-order valence-corrected chi connectivity index (χ3v) is 9.76. The maximum absolute atomic E-state index is 14.3. The summed E-state index contributed by atoms with van der Waals surface area (Å²) in [6, 6.07) is -6.82. The van der Waals surface area contributed by atoms with Gasteiger partial charge in [0.1, 0.15) is 0 Å². The van der Waals surface area contributed by atoms with Crippen LogP contribution in [-0.4, -0.2) is 166 Å². The van der Waals surface area contributed by atoms with E-state index in [4.69, 9.17) is 0 Å². The third kappa shape index (κ3) is 12.6. The first-order valence-electron chi connectivity index (χ1n) is 19.5.